The van der Waals surface area contributed by atoms with E-state index in [9.17, 15) is 0 Å². The van der Waals surface area contributed by atoms with Crippen molar-refractivity contribution in [3.63, 3.8) is 0 Å². The fraction of sp³-hybridized carbons (Fsp3) is 0.333. The van der Waals surface area contributed by atoms with E-state index in [2.05, 4.69) is 35.6 Å². The van der Waals surface area contributed by atoms with Crippen LogP contribution in [0.2, 0.25) is 0 Å². The van der Waals surface area contributed by atoms with Gasteiger partial charge in [-0.3, -0.25) is 0 Å². The van der Waals surface area contributed by atoms with E-state index in [1.54, 1.807) is 14.2 Å². The van der Waals surface area contributed by atoms with Crippen LogP contribution in [-0.2, 0) is 13.0 Å². The molecule has 0 saturated heterocycles. The smallest absolute Gasteiger partial charge is 0.123 e. The van der Waals surface area contributed by atoms with Crippen molar-refractivity contribution in [3.05, 3.63) is 59.7 Å². The lowest BCUT2D eigenvalue weighted by atomic mass is 10.1. The van der Waals surface area contributed by atoms with Crippen LogP contribution in [0.5, 0.6) is 11.5 Å². The summed E-state index contributed by atoms with van der Waals surface area (Å²) in [6.45, 7) is 1.77. The Hall–Kier alpha value is -2.00. The zero-order valence-electron chi connectivity index (χ0n) is 12.8. The number of methoxy groups -OCH3 is 2. The van der Waals surface area contributed by atoms with Crippen LogP contribution < -0.4 is 14.8 Å². The van der Waals surface area contributed by atoms with Gasteiger partial charge in [0, 0.05) is 12.1 Å². The maximum absolute atomic E-state index is 5.38. The Kier molecular flexibility index (Phi) is 6.10. The summed E-state index contributed by atoms with van der Waals surface area (Å²) in [7, 11) is 3.37. The summed E-state index contributed by atoms with van der Waals surface area (Å²) in [5.74, 6) is 1.75. The normalized spacial score (nSPS) is 10.4. The number of aryl methyl sites for hydroxylation is 1. The van der Waals surface area contributed by atoms with E-state index in [0.29, 0.717) is 0 Å². The van der Waals surface area contributed by atoms with Gasteiger partial charge in [-0.25, -0.2) is 0 Å². The highest BCUT2D eigenvalue weighted by molar-refractivity contribution is 5.40. The molecule has 21 heavy (non-hydrogen) atoms. The molecule has 0 aromatic heterocycles. The van der Waals surface area contributed by atoms with Gasteiger partial charge in [-0.1, -0.05) is 30.3 Å². The molecule has 0 spiro atoms. The largest absolute Gasteiger partial charge is 0.497 e. The maximum atomic E-state index is 5.38. The van der Waals surface area contributed by atoms with Gasteiger partial charge in [-0.2, -0.15) is 0 Å². The first kappa shape index (κ1) is 15.4. The fourth-order valence-electron chi connectivity index (χ4n) is 2.31. The monoisotopic (exact) mass is 285 g/mol. The van der Waals surface area contributed by atoms with Gasteiger partial charge < -0.3 is 14.8 Å². The molecule has 0 amide bonds. The highest BCUT2D eigenvalue weighted by Crippen LogP contribution is 2.23. The molecule has 112 valence electrons. The molecule has 0 fully saturated rings. The molecule has 0 radical (unpaired) electrons. The van der Waals surface area contributed by atoms with Gasteiger partial charge >= 0.3 is 0 Å². The van der Waals surface area contributed by atoms with Crippen molar-refractivity contribution in [2.75, 3.05) is 20.8 Å². The molecule has 0 heterocycles. The fourth-order valence-corrected chi connectivity index (χ4v) is 2.31. The number of benzene rings is 2. The first-order chi connectivity index (χ1) is 10.3. The third kappa shape index (κ3) is 4.80. The molecule has 0 aliphatic carbocycles. The second-order valence-electron chi connectivity index (χ2n) is 4.94. The summed E-state index contributed by atoms with van der Waals surface area (Å²) >= 11 is 0. The minimum Gasteiger partial charge on any atom is -0.497 e. The average molecular weight is 285 g/mol. The van der Waals surface area contributed by atoms with Gasteiger partial charge in [0.25, 0.3) is 0 Å². The van der Waals surface area contributed by atoms with Gasteiger partial charge in [0.05, 0.1) is 14.2 Å². The van der Waals surface area contributed by atoms with E-state index < -0.39 is 0 Å². The minimum atomic E-state index is 0.787. The summed E-state index contributed by atoms with van der Waals surface area (Å²) < 4.78 is 10.6. The predicted molar refractivity (Wildman–Crippen MR) is 86.0 cm³/mol. The average Bonchev–Trinajstić information content (AvgIpc) is 2.55. The zero-order chi connectivity index (χ0) is 14.9. The Morgan fingerprint density at radius 1 is 0.952 bits per heavy atom. The molecule has 0 bridgehead atoms. The lowest BCUT2D eigenvalue weighted by Gasteiger charge is -2.11. The molecule has 2 aromatic carbocycles. The lowest BCUT2D eigenvalue weighted by Crippen LogP contribution is -2.16. The van der Waals surface area contributed by atoms with Crippen molar-refractivity contribution in [1.82, 2.24) is 5.32 Å². The van der Waals surface area contributed by atoms with Crippen LogP contribution >= 0.6 is 0 Å². The van der Waals surface area contributed by atoms with Gasteiger partial charge in [0.2, 0.25) is 0 Å². The first-order valence-electron chi connectivity index (χ1n) is 7.29. The number of hydrogen-bond acceptors (Lipinski definition) is 3. The van der Waals surface area contributed by atoms with Crippen LogP contribution in [0.25, 0.3) is 0 Å². The van der Waals surface area contributed by atoms with Crippen molar-refractivity contribution in [1.29, 1.82) is 0 Å². The Morgan fingerprint density at radius 2 is 1.76 bits per heavy atom. The second-order valence-corrected chi connectivity index (χ2v) is 4.94. The minimum absolute atomic E-state index is 0.787. The van der Waals surface area contributed by atoms with E-state index in [4.69, 9.17) is 9.47 Å². The molecule has 0 saturated carbocycles. The number of nitrogens with one attached hydrogen (secondary N) is 1. The predicted octanol–water partition coefficient (Wildman–Crippen LogP) is 3.43. The van der Waals surface area contributed by atoms with E-state index in [-0.39, 0.29) is 0 Å². The van der Waals surface area contributed by atoms with E-state index >= 15 is 0 Å². The molecule has 1 N–H and O–H groups in total. The molecule has 3 heteroatoms. The number of rotatable bonds is 8. The topological polar surface area (TPSA) is 30.5 Å². The Morgan fingerprint density at radius 3 is 2.48 bits per heavy atom. The Labute approximate surface area is 126 Å². The quantitative estimate of drug-likeness (QED) is 0.754. The summed E-state index contributed by atoms with van der Waals surface area (Å²) in [6, 6.07) is 16.4. The molecular weight excluding hydrogens is 262 g/mol. The van der Waals surface area contributed by atoms with Crippen molar-refractivity contribution in [2.24, 2.45) is 0 Å². The second kappa shape index (κ2) is 8.32. The highest BCUT2D eigenvalue weighted by Gasteiger charge is 2.04. The summed E-state index contributed by atoms with van der Waals surface area (Å²) in [6.07, 6.45) is 2.22. The molecule has 0 atom stereocenters. The third-order valence-corrected chi connectivity index (χ3v) is 3.46. The lowest BCUT2D eigenvalue weighted by molar-refractivity contribution is 0.397. The van der Waals surface area contributed by atoms with Gasteiger partial charge in [0.1, 0.15) is 11.5 Å². The number of ether oxygens (including phenoxy) is 2. The molecule has 2 rings (SSSR count). The number of hydrogen-bond donors (Lipinski definition) is 1. The standard InChI is InChI=1S/C18H23NO2/c1-20-17-10-11-18(21-2)16(13-17)14-19-12-6-9-15-7-4-3-5-8-15/h3-5,7-8,10-11,13,19H,6,9,12,14H2,1-2H3. The summed E-state index contributed by atoms with van der Waals surface area (Å²) in [5, 5.41) is 3.46. The molecule has 2 aromatic rings. The van der Waals surface area contributed by atoms with E-state index in [1.165, 1.54) is 5.56 Å². The Balaban J connectivity index is 1.78. The highest BCUT2D eigenvalue weighted by atomic mass is 16.5. The van der Waals surface area contributed by atoms with E-state index in [0.717, 1.165) is 43.0 Å². The SMILES string of the molecule is COc1ccc(OC)c(CNCCCc2ccccc2)c1. The molecule has 3 nitrogen and oxygen atoms in total. The van der Waals surface area contributed by atoms with Gasteiger partial charge in [-0.05, 0) is 43.1 Å². The molecule has 0 aliphatic rings. The third-order valence-electron chi connectivity index (χ3n) is 3.46. The van der Waals surface area contributed by atoms with Crippen molar-refractivity contribution >= 4 is 0 Å². The van der Waals surface area contributed by atoms with E-state index in [1.807, 2.05) is 18.2 Å². The molecule has 0 aliphatic heterocycles. The Bertz CT molecular complexity index is 540. The van der Waals surface area contributed by atoms with Crippen LogP contribution in [-0.4, -0.2) is 20.8 Å². The molecule has 0 unspecified atom stereocenters. The summed E-state index contributed by atoms with van der Waals surface area (Å²) in [4.78, 5) is 0. The van der Waals surface area contributed by atoms with Crippen molar-refractivity contribution in [2.45, 2.75) is 19.4 Å². The zero-order valence-corrected chi connectivity index (χ0v) is 12.8. The van der Waals surface area contributed by atoms with Gasteiger partial charge in [0.15, 0.2) is 0 Å². The van der Waals surface area contributed by atoms with Crippen LogP contribution in [0.3, 0.4) is 0 Å². The van der Waals surface area contributed by atoms with Crippen LogP contribution in [0.4, 0.5) is 0 Å². The first-order valence-corrected chi connectivity index (χ1v) is 7.29. The summed E-state index contributed by atoms with van der Waals surface area (Å²) in [5.41, 5.74) is 2.51. The van der Waals surface area contributed by atoms with Crippen molar-refractivity contribution < 1.29 is 9.47 Å². The molecular formula is C18H23NO2. The van der Waals surface area contributed by atoms with Crippen LogP contribution in [0.15, 0.2) is 48.5 Å². The van der Waals surface area contributed by atoms with Crippen LogP contribution in [0.1, 0.15) is 17.5 Å². The van der Waals surface area contributed by atoms with Crippen LogP contribution in [0, 0.1) is 0 Å². The van der Waals surface area contributed by atoms with Crippen molar-refractivity contribution in [3.8, 4) is 11.5 Å². The van der Waals surface area contributed by atoms with Gasteiger partial charge in [-0.15, -0.1) is 0 Å². The maximum Gasteiger partial charge on any atom is 0.123 e.